The van der Waals surface area contributed by atoms with Crippen molar-refractivity contribution in [2.45, 2.75) is 20.0 Å². The quantitative estimate of drug-likeness (QED) is 0.548. The average Bonchev–Trinajstić information content (AvgIpc) is 3.45. The summed E-state index contributed by atoms with van der Waals surface area (Å²) < 4.78 is 8.55. The number of aryl methyl sites for hydroxylation is 2. The summed E-state index contributed by atoms with van der Waals surface area (Å²) in [7, 11) is 1.74. The lowest BCUT2D eigenvalue weighted by molar-refractivity contribution is 0.0937. The molecule has 10 heteroatoms. The fourth-order valence-corrected chi connectivity index (χ4v) is 3.25. The zero-order valence-corrected chi connectivity index (χ0v) is 15.6. The molecule has 0 aliphatic rings. The number of hydrogen-bond acceptors (Lipinski definition) is 7. The molecule has 0 fully saturated rings. The van der Waals surface area contributed by atoms with Crippen LogP contribution in [-0.2, 0) is 20.1 Å². The summed E-state index contributed by atoms with van der Waals surface area (Å²) in [5.74, 6) is 0.508. The molecule has 1 N–H and O–H groups in total. The summed E-state index contributed by atoms with van der Waals surface area (Å²) >= 11 is 1.58. The van der Waals surface area contributed by atoms with Crippen LogP contribution in [-0.4, -0.2) is 35.6 Å². The van der Waals surface area contributed by atoms with Gasteiger partial charge in [0.1, 0.15) is 11.4 Å². The van der Waals surface area contributed by atoms with Gasteiger partial charge in [-0.1, -0.05) is 11.2 Å². The van der Waals surface area contributed by atoms with Crippen LogP contribution in [0.4, 0.5) is 0 Å². The van der Waals surface area contributed by atoms with Crippen LogP contribution >= 0.6 is 11.3 Å². The monoisotopic (exact) mass is 383 g/mol. The Balaban J connectivity index is 1.42. The molecule has 4 aromatic heterocycles. The summed E-state index contributed by atoms with van der Waals surface area (Å²) in [4.78, 5) is 17.8. The van der Waals surface area contributed by atoms with E-state index in [1.807, 2.05) is 30.6 Å². The van der Waals surface area contributed by atoms with E-state index in [1.165, 1.54) is 0 Å². The second kappa shape index (κ2) is 7.16. The van der Waals surface area contributed by atoms with Gasteiger partial charge in [0.15, 0.2) is 0 Å². The van der Waals surface area contributed by atoms with Crippen LogP contribution < -0.4 is 5.32 Å². The van der Waals surface area contributed by atoms with Crippen LogP contribution in [0, 0.1) is 0 Å². The van der Waals surface area contributed by atoms with Gasteiger partial charge in [-0.15, -0.1) is 11.3 Å². The van der Waals surface area contributed by atoms with Crippen molar-refractivity contribution in [3.05, 3.63) is 47.6 Å². The van der Waals surface area contributed by atoms with Crippen LogP contribution in [0.15, 0.2) is 40.5 Å². The normalized spacial score (nSPS) is 11.0. The summed E-state index contributed by atoms with van der Waals surface area (Å²) in [6.07, 6.45) is 3.52. The number of carbonyl (C=O) groups is 1. The van der Waals surface area contributed by atoms with Gasteiger partial charge in [-0.05, 0) is 24.4 Å². The molecule has 9 nitrogen and oxygen atoms in total. The first kappa shape index (κ1) is 17.2. The largest absolute Gasteiger partial charge is 0.342 e. The zero-order valence-electron chi connectivity index (χ0n) is 14.8. The molecule has 27 heavy (non-hydrogen) atoms. The third-order valence-corrected chi connectivity index (χ3v) is 4.86. The lowest BCUT2D eigenvalue weighted by atomic mass is 10.3. The van der Waals surface area contributed by atoms with Gasteiger partial charge in [0, 0.05) is 19.8 Å². The molecule has 4 heterocycles. The maximum atomic E-state index is 12.5. The fraction of sp³-hybridized carbons (Fsp3) is 0.235. The van der Waals surface area contributed by atoms with E-state index in [2.05, 4.69) is 25.7 Å². The van der Waals surface area contributed by atoms with Crippen LogP contribution in [0.1, 0.15) is 23.3 Å². The van der Waals surface area contributed by atoms with Crippen molar-refractivity contribution >= 4 is 17.2 Å². The molecule has 0 bridgehead atoms. The lowest BCUT2D eigenvalue weighted by Gasteiger charge is -2.01. The third-order valence-electron chi connectivity index (χ3n) is 3.97. The highest BCUT2D eigenvalue weighted by Gasteiger charge is 2.16. The van der Waals surface area contributed by atoms with Gasteiger partial charge < -0.3 is 9.84 Å². The molecule has 0 aliphatic heterocycles. The minimum absolute atomic E-state index is 0.132. The molecule has 0 unspecified atom stereocenters. The third kappa shape index (κ3) is 3.51. The standard InChI is InChI=1S/C17H17N7O2S/c1-3-24-10-11(8-19-24)16-20-15(26-22-16)9-18-17(25)13-7-12(21-23(13)2)14-5-4-6-27-14/h4-8,10H,3,9H2,1-2H3,(H,18,25). The predicted octanol–water partition coefficient (Wildman–Crippen LogP) is 2.34. The number of amides is 1. The van der Waals surface area contributed by atoms with E-state index >= 15 is 0 Å². The first-order chi connectivity index (χ1) is 13.1. The van der Waals surface area contributed by atoms with Crippen LogP contribution in [0.3, 0.4) is 0 Å². The summed E-state index contributed by atoms with van der Waals surface area (Å²) in [6.45, 7) is 2.89. The van der Waals surface area contributed by atoms with Crippen molar-refractivity contribution < 1.29 is 9.32 Å². The zero-order chi connectivity index (χ0) is 18.8. The van der Waals surface area contributed by atoms with Crippen molar-refractivity contribution in [1.29, 1.82) is 0 Å². The topological polar surface area (TPSA) is 104 Å². The van der Waals surface area contributed by atoms with Crippen molar-refractivity contribution in [2.24, 2.45) is 7.05 Å². The summed E-state index contributed by atoms with van der Waals surface area (Å²) in [5, 5.41) is 17.3. The Morgan fingerprint density at radius 1 is 1.41 bits per heavy atom. The average molecular weight is 383 g/mol. The lowest BCUT2D eigenvalue weighted by Crippen LogP contribution is -2.25. The number of hydrogen-bond donors (Lipinski definition) is 1. The number of nitrogens with one attached hydrogen (secondary N) is 1. The molecule has 0 radical (unpaired) electrons. The first-order valence-electron chi connectivity index (χ1n) is 8.35. The molecule has 0 atom stereocenters. The van der Waals surface area contributed by atoms with Gasteiger partial charge in [-0.25, -0.2) is 0 Å². The second-order valence-electron chi connectivity index (χ2n) is 5.79. The highest BCUT2D eigenvalue weighted by molar-refractivity contribution is 7.13. The second-order valence-corrected chi connectivity index (χ2v) is 6.74. The van der Waals surface area contributed by atoms with E-state index in [0.717, 1.165) is 22.7 Å². The van der Waals surface area contributed by atoms with Gasteiger partial charge in [0.25, 0.3) is 5.91 Å². The van der Waals surface area contributed by atoms with Gasteiger partial charge >= 0.3 is 0 Å². The van der Waals surface area contributed by atoms with Crippen molar-refractivity contribution in [3.63, 3.8) is 0 Å². The number of aromatic nitrogens is 6. The summed E-state index contributed by atoms with van der Waals surface area (Å²) in [5.41, 5.74) is 2.00. The highest BCUT2D eigenvalue weighted by atomic mass is 32.1. The number of rotatable bonds is 6. The molecular weight excluding hydrogens is 366 g/mol. The van der Waals surface area contributed by atoms with Gasteiger partial charge in [-0.2, -0.15) is 15.2 Å². The van der Waals surface area contributed by atoms with Gasteiger partial charge in [-0.3, -0.25) is 14.2 Å². The fourth-order valence-electron chi connectivity index (χ4n) is 2.57. The van der Waals surface area contributed by atoms with Gasteiger partial charge in [0.05, 0.1) is 23.2 Å². The highest BCUT2D eigenvalue weighted by Crippen LogP contribution is 2.23. The number of carbonyl (C=O) groups excluding carboxylic acids is 1. The molecule has 0 aromatic carbocycles. The Kier molecular flexibility index (Phi) is 4.55. The molecule has 4 rings (SSSR count). The molecule has 138 valence electrons. The molecule has 0 saturated heterocycles. The Morgan fingerprint density at radius 2 is 2.30 bits per heavy atom. The van der Waals surface area contributed by atoms with E-state index in [9.17, 15) is 4.79 Å². The molecule has 0 aliphatic carbocycles. The maximum Gasteiger partial charge on any atom is 0.269 e. The van der Waals surface area contributed by atoms with Crippen molar-refractivity contribution in [2.75, 3.05) is 0 Å². The Hall–Kier alpha value is -3.27. The minimum Gasteiger partial charge on any atom is -0.342 e. The van der Waals surface area contributed by atoms with Crippen molar-refractivity contribution in [3.8, 4) is 22.0 Å². The predicted molar refractivity (Wildman–Crippen MR) is 98.9 cm³/mol. The number of thiophene rings is 1. The van der Waals surface area contributed by atoms with E-state index in [0.29, 0.717) is 17.4 Å². The molecular formula is C17H17N7O2S. The van der Waals surface area contributed by atoms with Crippen LogP contribution in [0.5, 0.6) is 0 Å². The minimum atomic E-state index is -0.258. The van der Waals surface area contributed by atoms with Crippen LogP contribution in [0.25, 0.3) is 22.0 Å². The smallest absolute Gasteiger partial charge is 0.269 e. The van der Waals surface area contributed by atoms with E-state index < -0.39 is 0 Å². The number of nitrogens with zero attached hydrogens (tertiary/aromatic N) is 6. The molecule has 0 spiro atoms. The molecule has 0 saturated carbocycles. The molecule has 1 amide bonds. The van der Waals surface area contributed by atoms with E-state index in [4.69, 9.17) is 4.52 Å². The Bertz CT molecular complexity index is 1060. The van der Waals surface area contributed by atoms with Crippen molar-refractivity contribution in [1.82, 2.24) is 35.0 Å². The first-order valence-corrected chi connectivity index (χ1v) is 9.23. The Morgan fingerprint density at radius 3 is 3.04 bits per heavy atom. The van der Waals surface area contributed by atoms with E-state index in [1.54, 1.807) is 40.0 Å². The maximum absolute atomic E-state index is 12.5. The van der Waals surface area contributed by atoms with Gasteiger partial charge in [0.2, 0.25) is 11.7 Å². The molecule has 4 aromatic rings. The Labute approximate surface area is 158 Å². The summed E-state index contributed by atoms with van der Waals surface area (Å²) in [6, 6.07) is 5.68. The van der Waals surface area contributed by atoms with Crippen LogP contribution in [0.2, 0.25) is 0 Å². The SMILES string of the molecule is CCn1cc(-c2noc(CNC(=O)c3cc(-c4cccs4)nn3C)n2)cn1. The van der Waals surface area contributed by atoms with E-state index in [-0.39, 0.29) is 12.5 Å².